The van der Waals surface area contributed by atoms with Gasteiger partial charge in [-0.15, -0.1) is 0 Å². The number of amides is 3. The molecule has 4 aromatic rings. The van der Waals surface area contributed by atoms with Crippen molar-refractivity contribution < 1.29 is 29.0 Å². The zero-order valence-corrected chi connectivity index (χ0v) is 31.1. The summed E-state index contributed by atoms with van der Waals surface area (Å²) in [6.45, 7) is 5.84. The molecule has 2 N–H and O–H groups in total. The summed E-state index contributed by atoms with van der Waals surface area (Å²) in [4.78, 5) is 60.3. The van der Waals surface area contributed by atoms with Gasteiger partial charge in [-0.25, -0.2) is 0 Å². The Labute approximate surface area is 320 Å². The molecule has 11 heteroatoms. The molecule has 3 aliphatic rings. The average Bonchev–Trinajstić information content (AvgIpc) is 3.31. The molecule has 2 heterocycles. The number of hydrogen-bond donors (Lipinski definition) is 2. The Morgan fingerprint density at radius 1 is 0.833 bits per heavy atom. The molecule has 278 valence electrons. The number of rotatable bonds is 8. The Kier molecular flexibility index (Phi) is 10.5. The van der Waals surface area contributed by atoms with Crippen LogP contribution in [0.1, 0.15) is 67.1 Å². The van der Waals surface area contributed by atoms with Gasteiger partial charge in [0.1, 0.15) is 23.8 Å². The molecular weight excluding hydrogens is 704 g/mol. The normalized spacial score (nSPS) is 17.9. The molecule has 3 amide bonds. The van der Waals surface area contributed by atoms with E-state index in [9.17, 15) is 24.3 Å². The first kappa shape index (κ1) is 36.7. The second-order valence-electron chi connectivity index (χ2n) is 14.8. The maximum atomic E-state index is 14.6. The first-order valence-electron chi connectivity index (χ1n) is 18.2. The van der Waals surface area contributed by atoms with Crippen molar-refractivity contribution in [2.45, 2.75) is 52.2 Å². The molecule has 4 aromatic carbocycles. The van der Waals surface area contributed by atoms with Gasteiger partial charge >= 0.3 is 0 Å². The number of ether oxygens (including phenoxy) is 1. The van der Waals surface area contributed by atoms with Crippen LogP contribution in [0.5, 0.6) is 11.5 Å². The standard InChI is InChI=1S/C43H43ClN4O6/c1-43(2)25-33-39(36(50)26-43)41(31-17-16-30(24-32(31)44)54-27-28-10-5-3-6-11-28)48(34-14-9-15-35(49)40(34)45-33)38(52)19-18-37(51)46-20-22-47(23-21-46)42(53)29-12-7-4-8-13-29/h3-17,24,41,45,49H,18-23,25-27H2,1-2H3. The van der Waals surface area contributed by atoms with Crippen LogP contribution < -0.4 is 15.0 Å². The Balaban J connectivity index is 1.17. The van der Waals surface area contributed by atoms with Crippen LogP contribution in [0.25, 0.3) is 0 Å². The number of piperazine rings is 1. The van der Waals surface area contributed by atoms with Crippen LogP contribution in [0.2, 0.25) is 5.02 Å². The highest BCUT2D eigenvalue weighted by Gasteiger charge is 2.44. The number of hydrogen-bond acceptors (Lipinski definition) is 7. The first-order valence-corrected chi connectivity index (χ1v) is 18.6. The number of nitrogens with one attached hydrogen (secondary N) is 1. The van der Waals surface area contributed by atoms with Crippen LogP contribution in [0.4, 0.5) is 11.4 Å². The van der Waals surface area contributed by atoms with Crippen LogP contribution in [0.15, 0.2) is 108 Å². The zero-order chi connectivity index (χ0) is 38.0. The molecule has 1 aliphatic carbocycles. The molecule has 1 saturated heterocycles. The molecule has 0 spiro atoms. The molecule has 0 aromatic heterocycles. The number of benzene rings is 4. The SMILES string of the molecule is CC1(C)CC(=O)C2=C(C1)Nc1c(O)cccc1N(C(=O)CCC(=O)N1CCN(C(=O)c3ccccc3)CC1)C2c1ccc(OCc2ccccc2)cc1Cl. The molecule has 2 aliphatic heterocycles. The van der Waals surface area contributed by atoms with E-state index in [0.717, 1.165) is 5.56 Å². The molecule has 1 fully saturated rings. The minimum Gasteiger partial charge on any atom is -0.506 e. The summed E-state index contributed by atoms with van der Waals surface area (Å²) >= 11 is 7.05. The number of halogens is 1. The summed E-state index contributed by atoms with van der Waals surface area (Å²) in [6, 6.07) is 28.0. The molecular formula is C43H43ClN4O6. The van der Waals surface area contributed by atoms with Crippen LogP contribution in [-0.4, -0.2) is 64.6 Å². The Hall–Kier alpha value is -5.61. The number of Topliss-reactive ketones (excluding diaryl/α,β-unsaturated/α-hetero) is 1. The van der Waals surface area contributed by atoms with E-state index in [1.165, 1.54) is 11.0 Å². The van der Waals surface area contributed by atoms with E-state index in [1.54, 1.807) is 52.3 Å². The summed E-state index contributed by atoms with van der Waals surface area (Å²) in [6.07, 6.45) is 0.504. The molecule has 54 heavy (non-hydrogen) atoms. The third-order valence-electron chi connectivity index (χ3n) is 10.3. The lowest BCUT2D eigenvalue weighted by Crippen LogP contribution is -2.50. The minimum absolute atomic E-state index is 0.0793. The Bertz CT molecular complexity index is 2110. The molecule has 0 saturated carbocycles. The fourth-order valence-corrected chi connectivity index (χ4v) is 7.86. The summed E-state index contributed by atoms with van der Waals surface area (Å²) < 4.78 is 6.05. The summed E-state index contributed by atoms with van der Waals surface area (Å²) in [5.74, 6) is -0.385. The number of carbonyl (C=O) groups is 4. The highest BCUT2D eigenvalue weighted by atomic mass is 35.5. The smallest absolute Gasteiger partial charge is 0.253 e. The van der Waals surface area contributed by atoms with Gasteiger partial charge in [-0.2, -0.15) is 0 Å². The maximum Gasteiger partial charge on any atom is 0.253 e. The fraction of sp³-hybridized carbons (Fsp3) is 0.302. The number of fused-ring (bicyclic) bond motifs is 1. The van der Waals surface area contributed by atoms with Crippen LogP contribution >= 0.6 is 11.6 Å². The van der Waals surface area contributed by atoms with Gasteiger partial charge in [0.15, 0.2) is 5.78 Å². The fourth-order valence-electron chi connectivity index (χ4n) is 7.59. The molecule has 10 nitrogen and oxygen atoms in total. The quantitative estimate of drug-likeness (QED) is 0.179. The lowest BCUT2D eigenvalue weighted by Gasteiger charge is -2.37. The van der Waals surface area contributed by atoms with Gasteiger partial charge in [0.25, 0.3) is 5.91 Å². The zero-order valence-electron chi connectivity index (χ0n) is 30.4. The number of anilines is 2. The van der Waals surface area contributed by atoms with Gasteiger partial charge in [-0.05, 0) is 59.4 Å². The molecule has 0 radical (unpaired) electrons. The second-order valence-corrected chi connectivity index (χ2v) is 15.2. The number of para-hydroxylation sites is 1. The molecule has 1 unspecified atom stereocenters. The van der Waals surface area contributed by atoms with Crippen molar-refractivity contribution in [3.63, 3.8) is 0 Å². The summed E-state index contributed by atoms with van der Waals surface area (Å²) in [7, 11) is 0. The van der Waals surface area contributed by atoms with Gasteiger partial charge in [0, 0.05) is 67.3 Å². The van der Waals surface area contributed by atoms with Gasteiger partial charge in [0.2, 0.25) is 11.8 Å². The third-order valence-corrected chi connectivity index (χ3v) is 10.6. The largest absolute Gasteiger partial charge is 0.506 e. The molecule has 7 rings (SSSR count). The highest BCUT2D eigenvalue weighted by molar-refractivity contribution is 6.31. The van der Waals surface area contributed by atoms with Gasteiger partial charge in [0.05, 0.1) is 11.7 Å². The first-order chi connectivity index (χ1) is 26.0. The van der Waals surface area contributed by atoms with Crippen molar-refractivity contribution in [2.75, 3.05) is 36.4 Å². The lowest BCUT2D eigenvalue weighted by molar-refractivity contribution is -0.134. The minimum atomic E-state index is -0.954. The second kappa shape index (κ2) is 15.4. The number of allylic oxidation sites excluding steroid dienone is 1. The number of aromatic hydroxyl groups is 1. The third kappa shape index (κ3) is 7.70. The summed E-state index contributed by atoms with van der Waals surface area (Å²) in [5.41, 5.74) is 3.40. The summed E-state index contributed by atoms with van der Waals surface area (Å²) in [5, 5.41) is 14.8. The highest BCUT2D eigenvalue weighted by Crippen LogP contribution is 2.51. The lowest BCUT2D eigenvalue weighted by atomic mass is 9.73. The number of nitrogens with zero attached hydrogens (tertiary/aromatic N) is 3. The van der Waals surface area contributed by atoms with Gasteiger partial charge in [-0.1, -0.05) is 86.1 Å². The van der Waals surface area contributed by atoms with Gasteiger partial charge < -0.3 is 25.0 Å². The Morgan fingerprint density at radius 3 is 2.20 bits per heavy atom. The topological polar surface area (TPSA) is 119 Å². The Morgan fingerprint density at radius 2 is 1.50 bits per heavy atom. The number of phenolic OH excluding ortho intramolecular Hbond substituents is 1. The molecule has 1 atom stereocenters. The van der Waals surface area contributed by atoms with Crippen molar-refractivity contribution in [3.8, 4) is 11.5 Å². The van der Waals surface area contributed by atoms with E-state index in [1.807, 2.05) is 62.4 Å². The average molecular weight is 747 g/mol. The molecule has 0 bridgehead atoms. The predicted molar refractivity (Wildman–Crippen MR) is 207 cm³/mol. The van der Waals surface area contributed by atoms with Crippen LogP contribution in [-0.2, 0) is 21.0 Å². The van der Waals surface area contributed by atoms with E-state index >= 15 is 0 Å². The number of carbonyl (C=O) groups excluding carboxylic acids is 4. The van der Waals surface area contributed by atoms with E-state index < -0.39 is 11.9 Å². The van der Waals surface area contributed by atoms with Crippen LogP contribution in [0, 0.1) is 5.41 Å². The van der Waals surface area contributed by atoms with E-state index in [0.29, 0.717) is 83.8 Å². The van der Waals surface area contributed by atoms with Crippen LogP contribution in [0.3, 0.4) is 0 Å². The predicted octanol–water partition coefficient (Wildman–Crippen LogP) is 7.53. The van der Waals surface area contributed by atoms with Gasteiger partial charge in [-0.3, -0.25) is 24.1 Å². The number of ketones is 1. The van der Waals surface area contributed by atoms with E-state index in [2.05, 4.69) is 5.32 Å². The van der Waals surface area contributed by atoms with E-state index in [4.69, 9.17) is 16.3 Å². The van der Waals surface area contributed by atoms with Crippen molar-refractivity contribution in [1.29, 1.82) is 0 Å². The van der Waals surface area contributed by atoms with Crippen molar-refractivity contribution in [1.82, 2.24) is 9.80 Å². The maximum absolute atomic E-state index is 14.6. The number of phenols is 1. The monoisotopic (exact) mass is 746 g/mol. The van der Waals surface area contributed by atoms with E-state index in [-0.39, 0.29) is 48.0 Å². The van der Waals surface area contributed by atoms with Crippen molar-refractivity contribution >= 4 is 46.5 Å². The van der Waals surface area contributed by atoms with Crippen molar-refractivity contribution in [3.05, 3.63) is 130 Å². The van der Waals surface area contributed by atoms with Crippen molar-refractivity contribution in [2.24, 2.45) is 5.41 Å².